The summed E-state index contributed by atoms with van der Waals surface area (Å²) < 4.78 is 2.03. The largest absolute Gasteiger partial charge is 0.480 e. The van der Waals surface area contributed by atoms with Gasteiger partial charge in [-0.25, -0.2) is 4.98 Å². The van der Waals surface area contributed by atoms with Gasteiger partial charge in [0.25, 0.3) is 0 Å². The molecule has 0 aromatic carbocycles. The molecule has 6 nitrogen and oxygen atoms in total. The van der Waals surface area contributed by atoms with E-state index in [-0.39, 0.29) is 5.41 Å². The van der Waals surface area contributed by atoms with Crippen molar-refractivity contribution in [2.45, 2.75) is 33.4 Å². The van der Waals surface area contributed by atoms with E-state index in [2.05, 4.69) is 30.7 Å². The van der Waals surface area contributed by atoms with Gasteiger partial charge in [-0.2, -0.15) is 0 Å². The lowest BCUT2D eigenvalue weighted by molar-refractivity contribution is -0.142. The molecule has 1 fully saturated rings. The average Bonchev–Trinajstić information content (AvgIpc) is 2.84. The van der Waals surface area contributed by atoms with Crippen molar-refractivity contribution < 1.29 is 9.90 Å². The first kappa shape index (κ1) is 17.7. The third-order valence-corrected chi connectivity index (χ3v) is 4.12. The van der Waals surface area contributed by atoms with E-state index in [9.17, 15) is 9.90 Å². The minimum Gasteiger partial charge on any atom is -0.480 e. The third-order valence-electron chi connectivity index (χ3n) is 4.12. The van der Waals surface area contributed by atoms with Gasteiger partial charge in [-0.15, -0.1) is 0 Å². The zero-order valence-corrected chi connectivity index (χ0v) is 14.6. The van der Waals surface area contributed by atoms with Crippen molar-refractivity contribution in [3.05, 3.63) is 30.4 Å². The summed E-state index contributed by atoms with van der Waals surface area (Å²) in [4.78, 5) is 20.3. The van der Waals surface area contributed by atoms with Crippen LogP contribution in [0.25, 0.3) is 0 Å². The molecule has 1 atom stereocenters. The summed E-state index contributed by atoms with van der Waals surface area (Å²) in [5, 5.41) is 9.51. The van der Waals surface area contributed by atoms with Crippen LogP contribution in [0.3, 0.4) is 0 Å². The first-order valence-electron chi connectivity index (χ1n) is 8.11. The van der Waals surface area contributed by atoms with Gasteiger partial charge >= 0.3 is 5.97 Å². The molecule has 1 aliphatic rings. The number of carboxylic acid groups (broad SMARTS) is 1. The van der Waals surface area contributed by atoms with Crippen molar-refractivity contribution in [2.75, 3.05) is 26.2 Å². The highest BCUT2D eigenvalue weighted by molar-refractivity contribution is 5.75. The maximum Gasteiger partial charge on any atom is 0.324 e. The van der Waals surface area contributed by atoms with Crippen molar-refractivity contribution in [3.63, 3.8) is 0 Å². The standard InChI is InChI=1S/C17H28N4O2/c1-17(2,3)6-5-14(16(22)23)21-11-9-20(10-12-21)13-15-18-7-8-19(15)4/h5-8,14H,9-13H2,1-4H3,(H,22,23)/b6-5+. The Kier molecular flexibility index (Phi) is 5.59. The second-order valence-corrected chi connectivity index (χ2v) is 7.27. The molecular formula is C17H28N4O2. The third kappa shape index (κ3) is 5.18. The van der Waals surface area contributed by atoms with E-state index in [0.717, 1.165) is 38.5 Å². The molecule has 1 unspecified atom stereocenters. The van der Waals surface area contributed by atoms with Gasteiger partial charge in [0, 0.05) is 45.6 Å². The number of hydrogen-bond acceptors (Lipinski definition) is 4. The lowest BCUT2D eigenvalue weighted by Crippen LogP contribution is -2.51. The average molecular weight is 320 g/mol. The molecule has 0 saturated carbocycles. The van der Waals surface area contributed by atoms with Gasteiger partial charge in [0.1, 0.15) is 11.9 Å². The monoisotopic (exact) mass is 320 g/mol. The Morgan fingerprint density at radius 1 is 1.35 bits per heavy atom. The van der Waals surface area contributed by atoms with Crippen LogP contribution in [-0.4, -0.2) is 62.6 Å². The number of piperazine rings is 1. The van der Waals surface area contributed by atoms with Crippen LogP contribution >= 0.6 is 0 Å². The molecule has 0 bridgehead atoms. The lowest BCUT2D eigenvalue weighted by Gasteiger charge is -2.36. The first-order valence-corrected chi connectivity index (χ1v) is 8.11. The molecule has 1 saturated heterocycles. The number of aliphatic carboxylic acids is 1. The Balaban J connectivity index is 1.92. The number of aromatic nitrogens is 2. The van der Waals surface area contributed by atoms with Crippen molar-refractivity contribution >= 4 is 5.97 Å². The van der Waals surface area contributed by atoms with Crippen LogP contribution < -0.4 is 0 Å². The Bertz CT molecular complexity index is 551. The molecular weight excluding hydrogens is 292 g/mol. The molecule has 1 aromatic rings. The molecule has 0 aliphatic carbocycles. The molecule has 6 heteroatoms. The van der Waals surface area contributed by atoms with Crippen LogP contribution in [0.15, 0.2) is 24.5 Å². The Labute approximate surface area is 138 Å². The van der Waals surface area contributed by atoms with E-state index in [1.165, 1.54) is 0 Å². The van der Waals surface area contributed by atoms with Gasteiger partial charge in [-0.05, 0) is 5.41 Å². The molecule has 0 radical (unpaired) electrons. The smallest absolute Gasteiger partial charge is 0.324 e. The van der Waals surface area contributed by atoms with Crippen LogP contribution in [-0.2, 0) is 18.4 Å². The SMILES string of the molecule is Cn1ccnc1CN1CCN(C(/C=C/C(C)(C)C)C(=O)O)CC1. The van der Waals surface area contributed by atoms with Crippen LogP contribution in [0, 0.1) is 5.41 Å². The fourth-order valence-corrected chi connectivity index (χ4v) is 2.69. The Morgan fingerprint density at radius 3 is 2.48 bits per heavy atom. The fourth-order valence-electron chi connectivity index (χ4n) is 2.69. The minimum atomic E-state index is -0.775. The van der Waals surface area contributed by atoms with E-state index < -0.39 is 12.0 Å². The lowest BCUT2D eigenvalue weighted by atomic mass is 9.95. The second-order valence-electron chi connectivity index (χ2n) is 7.27. The molecule has 1 aliphatic heterocycles. The summed E-state index contributed by atoms with van der Waals surface area (Å²) in [5.74, 6) is 0.268. The van der Waals surface area contributed by atoms with Crippen LogP contribution in [0.2, 0.25) is 0 Å². The molecule has 0 spiro atoms. The number of allylic oxidation sites excluding steroid dienone is 1. The number of rotatable bonds is 5. The molecule has 2 heterocycles. The van der Waals surface area contributed by atoms with Gasteiger partial charge in [0.15, 0.2) is 0 Å². The van der Waals surface area contributed by atoms with E-state index in [1.807, 2.05) is 41.1 Å². The second kappa shape index (κ2) is 7.27. The van der Waals surface area contributed by atoms with Crippen molar-refractivity contribution in [1.29, 1.82) is 0 Å². The molecule has 1 N–H and O–H groups in total. The van der Waals surface area contributed by atoms with Gasteiger partial charge < -0.3 is 9.67 Å². The van der Waals surface area contributed by atoms with Gasteiger partial charge in [-0.1, -0.05) is 32.9 Å². The minimum absolute atomic E-state index is 0.00623. The van der Waals surface area contributed by atoms with Crippen molar-refractivity contribution in [1.82, 2.24) is 19.4 Å². The molecule has 0 amide bonds. The quantitative estimate of drug-likeness (QED) is 0.835. The summed E-state index contributed by atoms with van der Waals surface area (Å²) in [6, 6.07) is -0.537. The maximum atomic E-state index is 11.6. The van der Waals surface area contributed by atoms with Gasteiger partial charge in [-0.3, -0.25) is 14.6 Å². The fraction of sp³-hybridized carbons (Fsp3) is 0.647. The highest BCUT2D eigenvalue weighted by Crippen LogP contribution is 2.17. The highest BCUT2D eigenvalue weighted by Gasteiger charge is 2.27. The van der Waals surface area contributed by atoms with E-state index >= 15 is 0 Å². The number of nitrogens with zero attached hydrogens (tertiary/aromatic N) is 4. The molecule has 128 valence electrons. The summed E-state index contributed by atoms with van der Waals surface area (Å²) >= 11 is 0. The number of carboxylic acids is 1. The normalized spacial score (nSPS) is 19.3. The van der Waals surface area contributed by atoms with Crippen LogP contribution in [0.1, 0.15) is 26.6 Å². The van der Waals surface area contributed by atoms with E-state index in [1.54, 1.807) is 0 Å². The number of carbonyl (C=O) groups is 1. The highest BCUT2D eigenvalue weighted by atomic mass is 16.4. The predicted octanol–water partition coefficient (Wildman–Crippen LogP) is 1.59. The molecule has 1 aromatic heterocycles. The summed E-state index contributed by atoms with van der Waals surface area (Å²) in [6.07, 6.45) is 7.58. The number of hydrogen-bond donors (Lipinski definition) is 1. The Morgan fingerprint density at radius 2 is 2.00 bits per heavy atom. The summed E-state index contributed by atoms with van der Waals surface area (Å²) in [5.41, 5.74) is -0.00623. The maximum absolute atomic E-state index is 11.6. The number of aryl methyl sites for hydroxylation is 1. The first-order chi connectivity index (χ1) is 10.8. The predicted molar refractivity (Wildman–Crippen MR) is 90.1 cm³/mol. The zero-order valence-electron chi connectivity index (χ0n) is 14.6. The van der Waals surface area contributed by atoms with Crippen LogP contribution in [0.5, 0.6) is 0 Å². The summed E-state index contributed by atoms with van der Waals surface area (Å²) in [6.45, 7) is 10.3. The van der Waals surface area contributed by atoms with Crippen LogP contribution in [0.4, 0.5) is 0 Å². The van der Waals surface area contributed by atoms with Crippen molar-refractivity contribution in [3.8, 4) is 0 Å². The molecule has 23 heavy (non-hydrogen) atoms. The van der Waals surface area contributed by atoms with Gasteiger partial charge in [0.2, 0.25) is 0 Å². The summed E-state index contributed by atoms with van der Waals surface area (Å²) in [7, 11) is 2.00. The zero-order chi connectivity index (χ0) is 17.0. The Hall–Kier alpha value is -1.66. The van der Waals surface area contributed by atoms with E-state index in [4.69, 9.17) is 0 Å². The van der Waals surface area contributed by atoms with Gasteiger partial charge in [0.05, 0.1) is 6.54 Å². The van der Waals surface area contributed by atoms with E-state index in [0.29, 0.717) is 0 Å². The molecule has 2 rings (SSSR count). The van der Waals surface area contributed by atoms with Crippen molar-refractivity contribution in [2.24, 2.45) is 12.5 Å². The number of imidazole rings is 1. The topological polar surface area (TPSA) is 61.6 Å².